The average molecular weight is 478 g/mol. The minimum absolute atomic E-state index is 0.124. The van der Waals surface area contributed by atoms with E-state index in [1.54, 1.807) is 46.3 Å². The normalized spacial score (nSPS) is 10.7. The molecule has 36 heavy (non-hydrogen) atoms. The van der Waals surface area contributed by atoms with Gasteiger partial charge in [-0.1, -0.05) is 48.5 Å². The van der Waals surface area contributed by atoms with Crippen molar-refractivity contribution in [2.45, 2.75) is 13.0 Å². The largest absolute Gasteiger partial charge is 0.323 e. The Morgan fingerprint density at radius 1 is 0.806 bits per heavy atom. The lowest BCUT2D eigenvalue weighted by atomic mass is 10.1. The van der Waals surface area contributed by atoms with Gasteiger partial charge in [-0.3, -0.25) is 9.59 Å². The molecule has 2 amide bonds. The van der Waals surface area contributed by atoms with Gasteiger partial charge in [0.15, 0.2) is 0 Å². The van der Waals surface area contributed by atoms with Crippen molar-refractivity contribution in [1.29, 1.82) is 0 Å². The van der Waals surface area contributed by atoms with Gasteiger partial charge in [0, 0.05) is 11.3 Å². The van der Waals surface area contributed by atoms with Crippen LogP contribution in [0.4, 0.5) is 11.4 Å². The van der Waals surface area contributed by atoms with Gasteiger partial charge in [-0.25, -0.2) is 14.3 Å². The van der Waals surface area contributed by atoms with E-state index >= 15 is 0 Å². The van der Waals surface area contributed by atoms with Gasteiger partial charge in [-0.2, -0.15) is 10.2 Å². The lowest BCUT2D eigenvalue weighted by Crippen LogP contribution is -2.14. The Morgan fingerprint density at radius 3 is 2.42 bits per heavy atom. The zero-order chi connectivity index (χ0) is 24.7. The van der Waals surface area contributed by atoms with Gasteiger partial charge in [-0.15, -0.1) is 0 Å². The van der Waals surface area contributed by atoms with E-state index in [1.807, 2.05) is 60.7 Å². The highest BCUT2D eigenvalue weighted by molar-refractivity contribution is 6.04. The molecule has 0 saturated heterocycles. The molecule has 9 heteroatoms. The van der Waals surface area contributed by atoms with Crippen molar-refractivity contribution in [1.82, 2.24) is 24.5 Å². The lowest BCUT2D eigenvalue weighted by molar-refractivity contribution is -0.115. The third-order valence-corrected chi connectivity index (χ3v) is 5.47. The van der Waals surface area contributed by atoms with Crippen molar-refractivity contribution in [3.8, 4) is 5.69 Å². The van der Waals surface area contributed by atoms with Gasteiger partial charge in [0.05, 0.1) is 36.7 Å². The third kappa shape index (κ3) is 5.71. The second kappa shape index (κ2) is 10.5. The molecule has 2 aromatic heterocycles. The molecule has 5 aromatic rings. The fourth-order valence-electron chi connectivity index (χ4n) is 3.70. The summed E-state index contributed by atoms with van der Waals surface area (Å²) >= 11 is 0. The summed E-state index contributed by atoms with van der Waals surface area (Å²) in [6.07, 6.45) is 6.73. The minimum atomic E-state index is -0.232. The van der Waals surface area contributed by atoms with Gasteiger partial charge >= 0.3 is 0 Å². The summed E-state index contributed by atoms with van der Waals surface area (Å²) in [5.74, 6) is -0.356. The summed E-state index contributed by atoms with van der Waals surface area (Å²) in [6, 6.07) is 24.2. The van der Waals surface area contributed by atoms with E-state index in [9.17, 15) is 9.59 Å². The van der Waals surface area contributed by atoms with E-state index in [0.717, 1.165) is 11.1 Å². The van der Waals surface area contributed by atoms with Crippen molar-refractivity contribution in [3.05, 3.63) is 121 Å². The van der Waals surface area contributed by atoms with Crippen LogP contribution < -0.4 is 10.6 Å². The van der Waals surface area contributed by atoms with Crippen molar-refractivity contribution < 1.29 is 9.59 Å². The molecule has 2 N–H and O–H groups in total. The van der Waals surface area contributed by atoms with Crippen LogP contribution in [0.1, 0.15) is 21.5 Å². The van der Waals surface area contributed by atoms with Crippen LogP contribution in [0.3, 0.4) is 0 Å². The van der Waals surface area contributed by atoms with Crippen LogP contribution in [0.5, 0.6) is 0 Å². The molecule has 0 atom stereocenters. The molecular weight excluding hydrogens is 454 g/mol. The second-order valence-electron chi connectivity index (χ2n) is 8.18. The first-order valence-electron chi connectivity index (χ1n) is 11.3. The topological polar surface area (TPSA) is 107 Å². The highest BCUT2D eigenvalue weighted by atomic mass is 16.2. The number of carbonyl (C=O) groups is 2. The standard InChI is InChI=1S/C27H23N7O2/c35-26(13-20-5-2-1-3-6-20)31-24-15-29-34(17-24)25-8-4-7-22(14-25)27(36)32-23-11-9-21(10-12-23)16-33-19-28-18-30-33/h1-12,14-15,17-19H,13,16H2,(H,31,35)(H,32,36). The maximum Gasteiger partial charge on any atom is 0.255 e. The first-order chi connectivity index (χ1) is 17.6. The Bertz CT molecular complexity index is 1460. The molecular formula is C27H23N7O2. The monoisotopic (exact) mass is 477 g/mol. The van der Waals surface area contributed by atoms with Gasteiger partial charge in [0.2, 0.25) is 5.91 Å². The number of rotatable bonds is 8. The van der Waals surface area contributed by atoms with Crippen LogP contribution in [0.15, 0.2) is 104 Å². The highest BCUT2D eigenvalue weighted by Crippen LogP contribution is 2.16. The molecule has 2 heterocycles. The molecule has 0 spiro atoms. The zero-order valence-electron chi connectivity index (χ0n) is 19.3. The van der Waals surface area contributed by atoms with Gasteiger partial charge in [0.1, 0.15) is 12.7 Å². The Balaban J connectivity index is 1.21. The van der Waals surface area contributed by atoms with E-state index in [-0.39, 0.29) is 18.2 Å². The fourth-order valence-corrected chi connectivity index (χ4v) is 3.70. The molecule has 0 saturated carbocycles. The van der Waals surface area contributed by atoms with Gasteiger partial charge in [-0.05, 0) is 41.5 Å². The SMILES string of the molecule is O=C(Cc1ccccc1)Nc1cnn(-c2cccc(C(=O)Nc3ccc(Cn4cncn4)cc3)c2)c1. The predicted molar refractivity (Wildman–Crippen MR) is 136 cm³/mol. The number of hydrogen-bond acceptors (Lipinski definition) is 5. The summed E-state index contributed by atoms with van der Waals surface area (Å²) in [6.45, 7) is 0.606. The maximum atomic E-state index is 12.8. The number of nitrogens with one attached hydrogen (secondary N) is 2. The molecule has 9 nitrogen and oxygen atoms in total. The molecule has 0 radical (unpaired) electrons. The van der Waals surface area contributed by atoms with E-state index in [2.05, 4.69) is 25.8 Å². The number of anilines is 2. The predicted octanol–water partition coefficient (Wildman–Crippen LogP) is 3.95. The Labute approximate surface area is 207 Å². The number of amides is 2. The van der Waals surface area contributed by atoms with Crippen molar-refractivity contribution in [2.24, 2.45) is 0 Å². The Kier molecular flexibility index (Phi) is 6.61. The minimum Gasteiger partial charge on any atom is -0.323 e. The summed E-state index contributed by atoms with van der Waals surface area (Å²) in [5, 5.41) is 14.2. The Hall–Kier alpha value is -5.05. The summed E-state index contributed by atoms with van der Waals surface area (Å²) in [4.78, 5) is 29.1. The van der Waals surface area contributed by atoms with Crippen molar-refractivity contribution in [3.63, 3.8) is 0 Å². The number of carbonyl (C=O) groups excluding carboxylic acids is 2. The molecule has 0 aliphatic rings. The molecule has 0 aliphatic carbocycles. The van der Waals surface area contributed by atoms with E-state index in [0.29, 0.717) is 29.2 Å². The zero-order valence-corrected chi connectivity index (χ0v) is 19.3. The molecule has 0 unspecified atom stereocenters. The molecule has 3 aromatic carbocycles. The Morgan fingerprint density at radius 2 is 1.64 bits per heavy atom. The molecule has 178 valence electrons. The quantitative estimate of drug-likeness (QED) is 0.352. The third-order valence-electron chi connectivity index (χ3n) is 5.47. The van der Waals surface area contributed by atoms with Crippen LogP contribution in [-0.4, -0.2) is 36.4 Å². The van der Waals surface area contributed by atoms with Crippen LogP contribution in [0, 0.1) is 0 Å². The van der Waals surface area contributed by atoms with Gasteiger partial charge in [0.25, 0.3) is 5.91 Å². The molecule has 0 bridgehead atoms. The van der Waals surface area contributed by atoms with Crippen molar-refractivity contribution in [2.75, 3.05) is 10.6 Å². The van der Waals surface area contributed by atoms with E-state index in [1.165, 1.54) is 6.33 Å². The number of aromatic nitrogens is 5. The summed E-state index contributed by atoms with van der Waals surface area (Å²) in [7, 11) is 0. The van der Waals surface area contributed by atoms with Crippen LogP contribution in [-0.2, 0) is 17.8 Å². The van der Waals surface area contributed by atoms with Crippen molar-refractivity contribution >= 4 is 23.2 Å². The van der Waals surface area contributed by atoms with Gasteiger partial charge < -0.3 is 10.6 Å². The molecule has 0 aliphatic heterocycles. The molecule has 0 fully saturated rings. The number of hydrogen-bond donors (Lipinski definition) is 2. The van der Waals surface area contributed by atoms with Crippen LogP contribution in [0.25, 0.3) is 5.69 Å². The smallest absolute Gasteiger partial charge is 0.255 e. The highest BCUT2D eigenvalue weighted by Gasteiger charge is 2.10. The number of benzene rings is 3. The second-order valence-corrected chi connectivity index (χ2v) is 8.18. The number of nitrogens with zero attached hydrogens (tertiary/aromatic N) is 5. The fraction of sp³-hybridized carbons (Fsp3) is 0.0741. The molecule has 5 rings (SSSR count). The summed E-state index contributed by atoms with van der Waals surface area (Å²) < 4.78 is 3.35. The first-order valence-corrected chi connectivity index (χ1v) is 11.3. The van der Waals surface area contributed by atoms with E-state index in [4.69, 9.17) is 0 Å². The lowest BCUT2D eigenvalue weighted by Gasteiger charge is -2.08. The van der Waals surface area contributed by atoms with Crippen LogP contribution in [0.2, 0.25) is 0 Å². The maximum absolute atomic E-state index is 12.8. The van der Waals surface area contributed by atoms with E-state index < -0.39 is 0 Å². The summed E-state index contributed by atoms with van der Waals surface area (Å²) in [5.41, 5.74) is 4.45. The first kappa shape index (κ1) is 22.7. The van der Waals surface area contributed by atoms with Crippen LogP contribution >= 0.6 is 0 Å². The average Bonchev–Trinajstić information content (AvgIpc) is 3.58.